The molecular formula is C27H25FN2O5. The molecular weight excluding hydrogens is 451 g/mol. The fraction of sp³-hybridized carbons (Fsp3) is 0.222. The molecule has 0 bridgehead atoms. The molecule has 0 saturated carbocycles. The van der Waals surface area contributed by atoms with Gasteiger partial charge < -0.3 is 15.2 Å². The first kappa shape index (κ1) is 23.9. The molecule has 0 radical (unpaired) electrons. The molecule has 0 heterocycles. The number of halogens is 1. The lowest BCUT2D eigenvalue weighted by atomic mass is 9.98. The first-order valence-corrected chi connectivity index (χ1v) is 11.3. The van der Waals surface area contributed by atoms with Crippen molar-refractivity contribution < 1.29 is 28.6 Å². The largest absolute Gasteiger partial charge is 0.481 e. The van der Waals surface area contributed by atoms with E-state index in [1.54, 1.807) is 6.92 Å². The van der Waals surface area contributed by atoms with Crippen molar-refractivity contribution in [2.45, 2.75) is 31.7 Å². The minimum atomic E-state index is -1.05. The number of anilines is 1. The molecule has 2 amide bonds. The summed E-state index contributed by atoms with van der Waals surface area (Å²) in [7, 11) is 0. The van der Waals surface area contributed by atoms with Crippen LogP contribution in [0.4, 0.5) is 14.9 Å². The number of amides is 2. The molecule has 3 aromatic rings. The number of hydrogen-bond acceptors (Lipinski definition) is 4. The lowest BCUT2D eigenvalue weighted by molar-refractivity contribution is -0.137. The van der Waals surface area contributed by atoms with Crippen LogP contribution < -0.4 is 10.6 Å². The second-order valence-corrected chi connectivity index (χ2v) is 8.36. The Kier molecular flexibility index (Phi) is 7.10. The minimum absolute atomic E-state index is 0.0391. The molecule has 35 heavy (non-hydrogen) atoms. The summed E-state index contributed by atoms with van der Waals surface area (Å²) in [5, 5.41) is 14.0. The zero-order valence-corrected chi connectivity index (χ0v) is 19.1. The average Bonchev–Trinajstić information content (AvgIpc) is 3.15. The summed E-state index contributed by atoms with van der Waals surface area (Å²) in [5.74, 6) is -2.53. The number of carboxylic acid groups (broad SMARTS) is 1. The molecule has 0 unspecified atom stereocenters. The Bertz CT molecular complexity index is 1230. The molecule has 0 fully saturated rings. The van der Waals surface area contributed by atoms with Crippen LogP contribution in [0.1, 0.15) is 47.2 Å². The van der Waals surface area contributed by atoms with Crippen molar-refractivity contribution in [3.8, 4) is 11.1 Å². The third-order valence-corrected chi connectivity index (χ3v) is 6.00. The maximum atomic E-state index is 14.2. The van der Waals surface area contributed by atoms with E-state index in [9.17, 15) is 18.8 Å². The summed E-state index contributed by atoms with van der Waals surface area (Å²) in [6.45, 7) is 1.83. The van der Waals surface area contributed by atoms with Crippen LogP contribution in [0.5, 0.6) is 0 Å². The van der Waals surface area contributed by atoms with Gasteiger partial charge in [0, 0.05) is 23.2 Å². The van der Waals surface area contributed by atoms with Gasteiger partial charge in [0.25, 0.3) is 5.91 Å². The number of rotatable bonds is 8. The van der Waals surface area contributed by atoms with Gasteiger partial charge in [-0.15, -0.1) is 0 Å². The molecule has 1 atom stereocenters. The van der Waals surface area contributed by atoms with Crippen molar-refractivity contribution in [3.63, 3.8) is 0 Å². The monoisotopic (exact) mass is 476 g/mol. The Morgan fingerprint density at radius 1 is 1.00 bits per heavy atom. The summed E-state index contributed by atoms with van der Waals surface area (Å²) >= 11 is 0. The fourth-order valence-electron chi connectivity index (χ4n) is 4.32. The highest BCUT2D eigenvalue weighted by Gasteiger charge is 2.29. The molecule has 0 aliphatic heterocycles. The number of carbonyl (C=O) groups excluding carboxylic acids is 2. The predicted octanol–water partition coefficient (Wildman–Crippen LogP) is 5.17. The van der Waals surface area contributed by atoms with Gasteiger partial charge in [-0.1, -0.05) is 55.5 Å². The normalized spacial score (nSPS) is 12.9. The standard InChI is InChI=1S/C27H25FN2O5/c1-2-18(14-25(31)32)29-26(33)16-11-17(28)13-19(12-16)30-27(34)35-15-24-22-9-5-3-7-20(22)21-8-4-6-10-23(21)24/h3-13,18,24H,2,14-15H2,1H3,(H,29,33)(H,30,34)(H,31,32)/t18-/m0/s1. The highest BCUT2D eigenvalue weighted by atomic mass is 19.1. The van der Waals surface area contributed by atoms with Crippen LogP contribution in [0, 0.1) is 5.82 Å². The van der Waals surface area contributed by atoms with Crippen molar-refractivity contribution in [2.75, 3.05) is 11.9 Å². The number of hydrogen-bond donors (Lipinski definition) is 3. The maximum absolute atomic E-state index is 14.2. The smallest absolute Gasteiger partial charge is 0.411 e. The zero-order valence-electron chi connectivity index (χ0n) is 19.1. The Labute approximate surface area is 201 Å². The van der Waals surface area contributed by atoms with Gasteiger partial charge in [-0.05, 0) is 46.9 Å². The van der Waals surface area contributed by atoms with E-state index in [-0.39, 0.29) is 30.2 Å². The first-order valence-electron chi connectivity index (χ1n) is 11.3. The topological polar surface area (TPSA) is 105 Å². The van der Waals surface area contributed by atoms with Crippen LogP contribution in [0.2, 0.25) is 0 Å². The van der Waals surface area contributed by atoms with Gasteiger partial charge in [0.05, 0.1) is 6.42 Å². The second kappa shape index (κ2) is 10.4. The molecule has 0 aromatic heterocycles. The quantitative estimate of drug-likeness (QED) is 0.416. The lowest BCUT2D eigenvalue weighted by Gasteiger charge is -2.16. The van der Waals surface area contributed by atoms with Gasteiger partial charge >= 0.3 is 12.1 Å². The predicted molar refractivity (Wildman–Crippen MR) is 129 cm³/mol. The molecule has 1 aliphatic carbocycles. The molecule has 3 aromatic carbocycles. The Morgan fingerprint density at radius 3 is 2.23 bits per heavy atom. The van der Waals surface area contributed by atoms with Gasteiger partial charge in [-0.2, -0.15) is 0 Å². The molecule has 7 nitrogen and oxygen atoms in total. The maximum Gasteiger partial charge on any atom is 0.411 e. The minimum Gasteiger partial charge on any atom is -0.481 e. The molecule has 8 heteroatoms. The molecule has 1 aliphatic rings. The van der Waals surface area contributed by atoms with Gasteiger partial charge in [-0.3, -0.25) is 14.9 Å². The number of benzene rings is 3. The van der Waals surface area contributed by atoms with Crippen LogP contribution in [-0.4, -0.2) is 35.7 Å². The zero-order chi connectivity index (χ0) is 24.9. The number of fused-ring (bicyclic) bond motifs is 3. The van der Waals surface area contributed by atoms with E-state index in [1.807, 2.05) is 48.5 Å². The molecule has 3 N–H and O–H groups in total. The Morgan fingerprint density at radius 2 is 1.63 bits per heavy atom. The van der Waals surface area contributed by atoms with Crippen molar-refractivity contribution in [3.05, 3.63) is 89.2 Å². The Hall–Kier alpha value is -4.20. The summed E-state index contributed by atoms with van der Waals surface area (Å²) in [6.07, 6.45) is -0.623. The van der Waals surface area contributed by atoms with E-state index in [2.05, 4.69) is 10.6 Å². The molecule has 0 spiro atoms. The van der Waals surface area contributed by atoms with Crippen LogP contribution in [-0.2, 0) is 9.53 Å². The van der Waals surface area contributed by atoms with Crippen molar-refractivity contribution in [1.82, 2.24) is 5.32 Å². The molecule has 0 saturated heterocycles. The van der Waals surface area contributed by atoms with E-state index in [1.165, 1.54) is 6.07 Å². The van der Waals surface area contributed by atoms with E-state index < -0.39 is 29.8 Å². The van der Waals surface area contributed by atoms with E-state index in [4.69, 9.17) is 9.84 Å². The molecule has 180 valence electrons. The van der Waals surface area contributed by atoms with E-state index in [0.29, 0.717) is 6.42 Å². The van der Waals surface area contributed by atoms with Crippen molar-refractivity contribution in [1.29, 1.82) is 0 Å². The number of carboxylic acids is 1. The lowest BCUT2D eigenvalue weighted by Crippen LogP contribution is -2.36. The third kappa shape index (κ3) is 5.48. The number of nitrogens with one attached hydrogen (secondary N) is 2. The summed E-state index contributed by atoms with van der Waals surface area (Å²) < 4.78 is 19.6. The Balaban J connectivity index is 1.42. The van der Waals surface area contributed by atoms with E-state index in [0.717, 1.165) is 34.4 Å². The van der Waals surface area contributed by atoms with Gasteiger partial charge in [0.15, 0.2) is 0 Å². The highest BCUT2D eigenvalue weighted by Crippen LogP contribution is 2.44. The van der Waals surface area contributed by atoms with Gasteiger partial charge in [0.2, 0.25) is 0 Å². The van der Waals surface area contributed by atoms with Crippen LogP contribution in [0.25, 0.3) is 11.1 Å². The average molecular weight is 477 g/mol. The van der Waals surface area contributed by atoms with Gasteiger partial charge in [0.1, 0.15) is 12.4 Å². The summed E-state index contributed by atoms with van der Waals surface area (Å²) in [4.78, 5) is 36.0. The summed E-state index contributed by atoms with van der Waals surface area (Å²) in [6, 6.07) is 18.7. The third-order valence-electron chi connectivity index (χ3n) is 6.00. The van der Waals surface area contributed by atoms with Gasteiger partial charge in [-0.25, -0.2) is 9.18 Å². The second-order valence-electron chi connectivity index (χ2n) is 8.36. The first-order chi connectivity index (χ1) is 16.9. The number of aliphatic carboxylic acids is 1. The highest BCUT2D eigenvalue weighted by molar-refractivity contribution is 5.96. The van der Waals surface area contributed by atoms with Crippen LogP contribution in [0.3, 0.4) is 0 Å². The molecule has 4 rings (SSSR count). The number of carbonyl (C=O) groups is 3. The SMILES string of the molecule is CC[C@@H](CC(=O)O)NC(=O)c1cc(F)cc(NC(=O)OCC2c3ccccc3-c3ccccc32)c1. The number of ether oxygens (including phenoxy) is 1. The van der Waals surface area contributed by atoms with Crippen LogP contribution in [0.15, 0.2) is 66.7 Å². The van der Waals surface area contributed by atoms with Crippen molar-refractivity contribution >= 4 is 23.7 Å². The summed E-state index contributed by atoms with van der Waals surface area (Å²) in [5.41, 5.74) is 4.36. The van der Waals surface area contributed by atoms with Crippen molar-refractivity contribution in [2.24, 2.45) is 0 Å². The van der Waals surface area contributed by atoms with Crippen LogP contribution >= 0.6 is 0 Å². The van der Waals surface area contributed by atoms with E-state index >= 15 is 0 Å². The fourth-order valence-corrected chi connectivity index (χ4v) is 4.32.